The largest absolute Gasteiger partial charge is 0.348 e. The third-order valence-electron chi connectivity index (χ3n) is 2.78. The lowest BCUT2D eigenvalue weighted by atomic mass is 10.0. The van der Waals surface area contributed by atoms with Crippen LogP contribution in [-0.4, -0.2) is 17.8 Å². The van der Waals surface area contributed by atoms with E-state index in [0.717, 1.165) is 6.07 Å². The van der Waals surface area contributed by atoms with Crippen LogP contribution in [0.4, 0.5) is 8.78 Å². The molecular weight excluding hydrogens is 260 g/mol. The second kappa shape index (κ2) is 6.14. The van der Waals surface area contributed by atoms with Gasteiger partial charge in [0.05, 0.1) is 5.56 Å². The third-order valence-corrected chi connectivity index (χ3v) is 3.11. The molecule has 1 aromatic rings. The van der Waals surface area contributed by atoms with Gasteiger partial charge in [0.2, 0.25) is 0 Å². The van der Waals surface area contributed by atoms with Gasteiger partial charge >= 0.3 is 0 Å². The first-order valence-electron chi connectivity index (χ1n) is 5.69. The summed E-state index contributed by atoms with van der Waals surface area (Å²) >= 11 is 5.72. The Kier molecular flexibility index (Phi) is 5.08. The fourth-order valence-corrected chi connectivity index (χ4v) is 1.89. The van der Waals surface area contributed by atoms with Crippen LogP contribution in [0.15, 0.2) is 12.1 Å². The van der Waals surface area contributed by atoms with Crippen molar-refractivity contribution in [3.63, 3.8) is 0 Å². The van der Waals surface area contributed by atoms with Crippen LogP contribution in [0.3, 0.4) is 0 Å². The molecule has 0 heterocycles. The van der Waals surface area contributed by atoms with Crippen LogP contribution in [0, 0.1) is 24.5 Å². The first-order chi connectivity index (χ1) is 8.36. The van der Waals surface area contributed by atoms with E-state index in [2.05, 4.69) is 5.32 Å². The quantitative estimate of drug-likeness (QED) is 0.840. The number of benzene rings is 1. The fourth-order valence-electron chi connectivity index (χ4n) is 1.46. The molecule has 0 bridgehead atoms. The number of hydrogen-bond donors (Lipinski definition) is 1. The molecule has 0 fully saturated rings. The van der Waals surface area contributed by atoms with E-state index in [1.807, 2.05) is 13.8 Å². The van der Waals surface area contributed by atoms with Crippen molar-refractivity contribution in [2.75, 3.05) is 5.88 Å². The topological polar surface area (TPSA) is 29.1 Å². The van der Waals surface area contributed by atoms with Gasteiger partial charge in [0, 0.05) is 18.0 Å². The first-order valence-corrected chi connectivity index (χ1v) is 6.22. The summed E-state index contributed by atoms with van der Waals surface area (Å²) in [5.74, 6) is -1.73. The number of hydrogen-bond acceptors (Lipinski definition) is 1. The summed E-state index contributed by atoms with van der Waals surface area (Å²) in [6, 6.07) is 1.67. The van der Waals surface area contributed by atoms with Gasteiger partial charge in [-0.2, -0.15) is 0 Å². The van der Waals surface area contributed by atoms with Gasteiger partial charge in [-0.25, -0.2) is 8.78 Å². The van der Waals surface area contributed by atoms with Crippen LogP contribution in [0.5, 0.6) is 0 Å². The summed E-state index contributed by atoms with van der Waals surface area (Å²) < 4.78 is 26.6. The van der Waals surface area contributed by atoms with Crippen molar-refractivity contribution in [3.05, 3.63) is 34.9 Å². The maximum atomic E-state index is 13.5. The molecule has 1 unspecified atom stereocenters. The second-order valence-corrected chi connectivity index (χ2v) is 4.87. The van der Waals surface area contributed by atoms with E-state index in [4.69, 9.17) is 11.6 Å². The van der Waals surface area contributed by atoms with Gasteiger partial charge in [-0.05, 0) is 24.5 Å². The van der Waals surface area contributed by atoms with E-state index in [9.17, 15) is 13.6 Å². The van der Waals surface area contributed by atoms with Crippen molar-refractivity contribution >= 4 is 17.5 Å². The van der Waals surface area contributed by atoms with Crippen LogP contribution in [-0.2, 0) is 0 Å². The highest BCUT2D eigenvalue weighted by molar-refractivity contribution is 6.18. The molecule has 2 nitrogen and oxygen atoms in total. The lowest BCUT2D eigenvalue weighted by Gasteiger charge is -2.20. The molecule has 0 saturated carbocycles. The van der Waals surface area contributed by atoms with Crippen LogP contribution in [0.2, 0.25) is 0 Å². The Morgan fingerprint density at radius 2 is 1.94 bits per heavy atom. The number of nitrogens with one attached hydrogen (secondary N) is 1. The zero-order valence-corrected chi connectivity index (χ0v) is 11.3. The highest BCUT2D eigenvalue weighted by Crippen LogP contribution is 2.15. The number of aryl methyl sites for hydroxylation is 1. The molecule has 0 aliphatic heterocycles. The Morgan fingerprint density at radius 1 is 1.33 bits per heavy atom. The summed E-state index contributed by atoms with van der Waals surface area (Å²) in [4.78, 5) is 11.9. The van der Waals surface area contributed by atoms with E-state index in [1.54, 1.807) is 0 Å². The van der Waals surface area contributed by atoms with Crippen LogP contribution in [0.1, 0.15) is 29.8 Å². The summed E-state index contributed by atoms with van der Waals surface area (Å²) in [5.41, 5.74) is 0.0678. The van der Waals surface area contributed by atoms with E-state index in [0.29, 0.717) is 0 Å². The van der Waals surface area contributed by atoms with Crippen molar-refractivity contribution in [3.8, 4) is 0 Å². The zero-order chi connectivity index (χ0) is 13.9. The van der Waals surface area contributed by atoms with Crippen molar-refractivity contribution < 1.29 is 13.6 Å². The van der Waals surface area contributed by atoms with Crippen molar-refractivity contribution in [2.24, 2.45) is 5.92 Å². The lowest BCUT2D eigenvalue weighted by Crippen LogP contribution is -2.40. The normalized spacial score (nSPS) is 12.6. The molecule has 100 valence electrons. The predicted octanol–water partition coefficient (Wildman–Crippen LogP) is 3.27. The Balaban J connectivity index is 2.94. The molecule has 5 heteroatoms. The molecule has 0 radical (unpaired) electrons. The van der Waals surface area contributed by atoms with E-state index < -0.39 is 17.5 Å². The highest BCUT2D eigenvalue weighted by Gasteiger charge is 2.19. The van der Waals surface area contributed by atoms with Gasteiger partial charge in [0.25, 0.3) is 5.91 Å². The van der Waals surface area contributed by atoms with Crippen LogP contribution >= 0.6 is 11.6 Å². The van der Waals surface area contributed by atoms with Gasteiger partial charge < -0.3 is 5.32 Å². The number of carbonyl (C=O) groups is 1. The predicted molar refractivity (Wildman–Crippen MR) is 67.9 cm³/mol. The SMILES string of the molecule is Cc1cc(C(=O)NC(CCl)C(C)C)c(F)cc1F. The lowest BCUT2D eigenvalue weighted by molar-refractivity contribution is 0.0927. The Hall–Kier alpha value is -1.16. The molecule has 1 amide bonds. The van der Waals surface area contributed by atoms with Crippen molar-refractivity contribution in [1.29, 1.82) is 0 Å². The summed E-state index contributed by atoms with van der Waals surface area (Å²) in [5, 5.41) is 2.64. The summed E-state index contributed by atoms with van der Waals surface area (Å²) in [6.07, 6.45) is 0. The van der Waals surface area contributed by atoms with Crippen LogP contribution in [0.25, 0.3) is 0 Å². The number of alkyl halides is 1. The maximum absolute atomic E-state index is 13.5. The molecule has 0 aliphatic carbocycles. The van der Waals surface area contributed by atoms with E-state index in [1.165, 1.54) is 13.0 Å². The number of amides is 1. The van der Waals surface area contributed by atoms with Crippen LogP contribution < -0.4 is 5.32 Å². The Labute approximate surface area is 110 Å². The average Bonchev–Trinajstić information content (AvgIpc) is 2.29. The molecule has 1 aromatic carbocycles. The summed E-state index contributed by atoms with van der Waals surface area (Å²) in [6.45, 7) is 5.28. The molecule has 1 N–H and O–H groups in total. The molecular formula is C13H16ClF2NO. The van der Waals surface area contributed by atoms with E-state index in [-0.39, 0.29) is 29.0 Å². The molecule has 0 saturated heterocycles. The highest BCUT2D eigenvalue weighted by atomic mass is 35.5. The van der Waals surface area contributed by atoms with Crippen molar-refractivity contribution in [2.45, 2.75) is 26.8 Å². The molecule has 18 heavy (non-hydrogen) atoms. The zero-order valence-electron chi connectivity index (χ0n) is 10.6. The number of carbonyl (C=O) groups excluding carboxylic acids is 1. The average molecular weight is 276 g/mol. The van der Waals surface area contributed by atoms with Gasteiger partial charge in [0.1, 0.15) is 11.6 Å². The van der Waals surface area contributed by atoms with Gasteiger partial charge in [-0.1, -0.05) is 13.8 Å². The minimum absolute atomic E-state index is 0.135. The Morgan fingerprint density at radius 3 is 2.44 bits per heavy atom. The third kappa shape index (κ3) is 3.42. The van der Waals surface area contributed by atoms with Gasteiger partial charge in [0.15, 0.2) is 0 Å². The number of halogens is 3. The fraction of sp³-hybridized carbons (Fsp3) is 0.462. The van der Waals surface area contributed by atoms with E-state index >= 15 is 0 Å². The smallest absolute Gasteiger partial charge is 0.254 e. The minimum Gasteiger partial charge on any atom is -0.348 e. The van der Waals surface area contributed by atoms with Crippen molar-refractivity contribution in [1.82, 2.24) is 5.32 Å². The molecule has 1 rings (SSSR count). The molecule has 0 spiro atoms. The van der Waals surface area contributed by atoms with Gasteiger partial charge in [-0.3, -0.25) is 4.79 Å². The second-order valence-electron chi connectivity index (χ2n) is 4.56. The Bertz CT molecular complexity index is 449. The maximum Gasteiger partial charge on any atom is 0.254 e. The standard InChI is InChI=1S/C13H16ClF2NO/c1-7(2)12(6-14)17-13(18)9-4-8(3)10(15)5-11(9)16/h4-5,7,12H,6H2,1-3H3,(H,17,18). The minimum atomic E-state index is -0.868. The molecule has 0 aliphatic rings. The van der Waals surface area contributed by atoms with Gasteiger partial charge in [-0.15, -0.1) is 11.6 Å². The first kappa shape index (κ1) is 14.9. The monoisotopic (exact) mass is 275 g/mol. The summed E-state index contributed by atoms with van der Waals surface area (Å²) in [7, 11) is 0. The molecule has 1 atom stereocenters. The molecule has 0 aromatic heterocycles. The number of rotatable bonds is 4.